The number of hydrogen-bond acceptors (Lipinski definition) is 3. The lowest BCUT2D eigenvalue weighted by Gasteiger charge is -2.06. The van der Waals surface area contributed by atoms with E-state index in [2.05, 4.69) is 10.3 Å². The van der Waals surface area contributed by atoms with Crippen LogP contribution in [0.3, 0.4) is 0 Å². The fourth-order valence-corrected chi connectivity index (χ4v) is 2.06. The summed E-state index contributed by atoms with van der Waals surface area (Å²) in [5.74, 6) is -0.170. The number of nitrogen functional groups attached to an aromatic ring is 2. The van der Waals surface area contributed by atoms with E-state index in [1.807, 2.05) is 12.1 Å². The van der Waals surface area contributed by atoms with Gasteiger partial charge in [0.15, 0.2) is 0 Å². The Bertz CT molecular complexity index is 656. The van der Waals surface area contributed by atoms with Crippen LogP contribution in [0.4, 0.5) is 17.1 Å². The zero-order valence-corrected chi connectivity index (χ0v) is 9.53. The smallest absolute Gasteiger partial charge is 0.256 e. The predicted octanol–water partition coefficient (Wildman–Crippen LogP) is 1.67. The fourth-order valence-electron chi connectivity index (χ4n) is 2.06. The highest BCUT2D eigenvalue weighted by Gasteiger charge is 2.27. The molecule has 0 unspecified atom stereocenters. The van der Waals surface area contributed by atoms with Crippen LogP contribution >= 0.6 is 0 Å². The molecule has 1 aliphatic rings. The standard InChI is InChI=1S/C13H12N4O/c14-9-3-4-10-11(12(9)15)8(13(18)17-10)6-7-2-1-5-16-7/h1-6,16H,14-15H2,(H,17,18). The molecule has 1 amide bonds. The lowest BCUT2D eigenvalue weighted by Crippen LogP contribution is -2.03. The first-order chi connectivity index (χ1) is 8.66. The van der Waals surface area contributed by atoms with Gasteiger partial charge in [-0.15, -0.1) is 0 Å². The second-order valence-electron chi connectivity index (χ2n) is 4.13. The minimum absolute atomic E-state index is 0.170. The van der Waals surface area contributed by atoms with Gasteiger partial charge in [0.25, 0.3) is 5.91 Å². The molecule has 2 aromatic rings. The lowest BCUT2D eigenvalue weighted by atomic mass is 10.0. The quantitative estimate of drug-likeness (QED) is 0.451. The highest BCUT2D eigenvalue weighted by atomic mass is 16.2. The van der Waals surface area contributed by atoms with Crippen molar-refractivity contribution >= 4 is 34.6 Å². The molecule has 0 saturated heterocycles. The van der Waals surface area contributed by atoms with Crippen LogP contribution in [0.2, 0.25) is 0 Å². The molecule has 0 atom stereocenters. The molecule has 2 heterocycles. The van der Waals surface area contributed by atoms with Crippen molar-refractivity contribution in [2.75, 3.05) is 16.8 Å². The molecule has 0 spiro atoms. The Morgan fingerprint density at radius 3 is 2.72 bits per heavy atom. The van der Waals surface area contributed by atoms with E-state index in [-0.39, 0.29) is 5.91 Å². The average molecular weight is 240 g/mol. The number of anilines is 3. The Labute approximate surface area is 103 Å². The fraction of sp³-hybridized carbons (Fsp3) is 0. The molecular weight excluding hydrogens is 228 g/mol. The van der Waals surface area contributed by atoms with Gasteiger partial charge in [0.05, 0.1) is 22.6 Å². The largest absolute Gasteiger partial charge is 0.397 e. The summed E-state index contributed by atoms with van der Waals surface area (Å²) < 4.78 is 0. The van der Waals surface area contributed by atoms with E-state index >= 15 is 0 Å². The third-order valence-electron chi connectivity index (χ3n) is 2.96. The van der Waals surface area contributed by atoms with Crippen molar-refractivity contribution < 1.29 is 4.79 Å². The number of aromatic amines is 1. The molecule has 0 radical (unpaired) electrons. The molecule has 90 valence electrons. The van der Waals surface area contributed by atoms with Crippen molar-refractivity contribution in [1.29, 1.82) is 0 Å². The number of benzene rings is 1. The molecule has 5 nitrogen and oxygen atoms in total. The summed E-state index contributed by atoms with van der Waals surface area (Å²) in [4.78, 5) is 15.0. The van der Waals surface area contributed by atoms with Crippen molar-refractivity contribution in [3.05, 3.63) is 41.7 Å². The first-order valence-electron chi connectivity index (χ1n) is 5.51. The van der Waals surface area contributed by atoms with Crippen LogP contribution in [-0.4, -0.2) is 10.9 Å². The second-order valence-corrected chi connectivity index (χ2v) is 4.13. The van der Waals surface area contributed by atoms with E-state index in [9.17, 15) is 4.79 Å². The number of amides is 1. The van der Waals surface area contributed by atoms with Crippen LogP contribution in [0, 0.1) is 0 Å². The zero-order chi connectivity index (χ0) is 12.7. The third kappa shape index (κ3) is 1.45. The summed E-state index contributed by atoms with van der Waals surface area (Å²) in [5.41, 5.74) is 15.4. The van der Waals surface area contributed by atoms with Gasteiger partial charge in [-0.05, 0) is 30.3 Å². The van der Waals surface area contributed by atoms with E-state index in [4.69, 9.17) is 11.5 Å². The molecule has 18 heavy (non-hydrogen) atoms. The molecule has 0 saturated carbocycles. The molecule has 0 aliphatic carbocycles. The number of hydrogen-bond donors (Lipinski definition) is 4. The van der Waals surface area contributed by atoms with Gasteiger partial charge in [0, 0.05) is 17.5 Å². The summed E-state index contributed by atoms with van der Waals surface area (Å²) in [5, 5.41) is 2.77. The predicted molar refractivity (Wildman–Crippen MR) is 72.6 cm³/mol. The van der Waals surface area contributed by atoms with Crippen molar-refractivity contribution in [2.45, 2.75) is 0 Å². The van der Waals surface area contributed by atoms with Gasteiger partial charge < -0.3 is 21.8 Å². The van der Waals surface area contributed by atoms with E-state index in [0.717, 1.165) is 5.69 Å². The van der Waals surface area contributed by atoms with E-state index < -0.39 is 0 Å². The van der Waals surface area contributed by atoms with E-state index in [0.29, 0.717) is 28.2 Å². The highest BCUT2D eigenvalue weighted by Crippen LogP contribution is 2.39. The molecule has 6 N–H and O–H groups in total. The minimum Gasteiger partial charge on any atom is -0.397 e. The minimum atomic E-state index is -0.170. The summed E-state index contributed by atoms with van der Waals surface area (Å²) in [6.07, 6.45) is 3.56. The van der Waals surface area contributed by atoms with Crippen LogP contribution in [0.25, 0.3) is 11.6 Å². The van der Waals surface area contributed by atoms with Crippen LogP contribution < -0.4 is 16.8 Å². The van der Waals surface area contributed by atoms with Gasteiger partial charge in [-0.2, -0.15) is 0 Å². The summed E-state index contributed by atoms with van der Waals surface area (Å²) in [6, 6.07) is 7.18. The second kappa shape index (κ2) is 3.66. The van der Waals surface area contributed by atoms with Crippen molar-refractivity contribution in [1.82, 2.24) is 4.98 Å². The zero-order valence-electron chi connectivity index (χ0n) is 9.53. The molecule has 5 heteroatoms. The average Bonchev–Trinajstić information content (AvgIpc) is 2.94. The van der Waals surface area contributed by atoms with Crippen molar-refractivity contribution in [2.24, 2.45) is 0 Å². The summed E-state index contributed by atoms with van der Waals surface area (Å²) in [7, 11) is 0. The van der Waals surface area contributed by atoms with Crippen LogP contribution in [0.15, 0.2) is 30.5 Å². The lowest BCUT2D eigenvalue weighted by molar-refractivity contribution is -0.110. The van der Waals surface area contributed by atoms with E-state index in [1.165, 1.54) is 0 Å². The molecule has 1 aromatic heterocycles. The van der Waals surface area contributed by atoms with Gasteiger partial charge in [-0.25, -0.2) is 0 Å². The number of nitrogens with two attached hydrogens (primary N) is 2. The third-order valence-corrected chi connectivity index (χ3v) is 2.96. The summed E-state index contributed by atoms with van der Waals surface area (Å²) >= 11 is 0. The Kier molecular flexibility index (Phi) is 2.13. The van der Waals surface area contributed by atoms with E-state index in [1.54, 1.807) is 24.4 Å². The first kappa shape index (κ1) is 10.5. The Morgan fingerprint density at radius 2 is 2.00 bits per heavy atom. The van der Waals surface area contributed by atoms with Gasteiger partial charge in [-0.1, -0.05) is 0 Å². The molecule has 0 bridgehead atoms. The molecule has 3 rings (SSSR count). The number of carbonyl (C=O) groups is 1. The number of fused-ring (bicyclic) bond motifs is 1. The van der Waals surface area contributed by atoms with Gasteiger partial charge in [0.2, 0.25) is 0 Å². The molecular formula is C13H12N4O. The topological polar surface area (TPSA) is 96.9 Å². The maximum absolute atomic E-state index is 11.9. The van der Waals surface area contributed by atoms with Crippen LogP contribution in [-0.2, 0) is 4.79 Å². The number of H-pyrrole nitrogens is 1. The van der Waals surface area contributed by atoms with Gasteiger partial charge >= 0.3 is 0 Å². The maximum atomic E-state index is 11.9. The Morgan fingerprint density at radius 1 is 1.17 bits per heavy atom. The molecule has 1 aliphatic heterocycles. The highest BCUT2D eigenvalue weighted by molar-refractivity contribution is 6.36. The van der Waals surface area contributed by atoms with Gasteiger partial charge in [0.1, 0.15) is 0 Å². The van der Waals surface area contributed by atoms with Crippen molar-refractivity contribution in [3.63, 3.8) is 0 Å². The van der Waals surface area contributed by atoms with Gasteiger partial charge in [-0.3, -0.25) is 4.79 Å². The number of nitrogens with one attached hydrogen (secondary N) is 2. The van der Waals surface area contributed by atoms with Crippen LogP contribution in [0.5, 0.6) is 0 Å². The monoisotopic (exact) mass is 240 g/mol. The Balaban J connectivity index is 2.20. The number of carbonyl (C=O) groups excluding carboxylic acids is 1. The SMILES string of the molecule is Nc1ccc2c(c1N)C(=Cc1ccc[nH]1)C(=O)N2. The normalized spacial score (nSPS) is 15.8. The van der Waals surface area contributed by atoms with Crippen LogP contribution in [0.1, 0.15) is 11.3 Å². The molecule has 1 aromatic carbocycles. The number of aromatic nitrogens is 1. The summed E-state index contributed by atoms with van der Waals surface area (Å²) in [6.45, 7) is 0. The molecule has 0 fully saturated rings. The first-order valence-corrected chi connectivity index (χ1v) is 5.51. The Hall–Kier alpha value is -2.69. The van der Waals surface area contributed by atoms with Crippen molar-refractivity contribution in [3.8, 4) is 0 Å². The maximum Gasteiger partial charge on any atom is 0.256 e. The number of rotatable bonds is 1.